The van der Waals surface area contributed by atoms with Crippen LogP contribution in [0.1, 0.15) is 18.4 Å². The molecule has 0 atom stereocenters. The molecular weight excluding hydrogens is 236 g/mol. The summed E-state index contributed by atoms with van der Waals surface area (Å²) in [7, 11) is 0. The van der Waals surface area contributed by atoms with Crippen molar-refractivity contribution in [3.05, 3.63) is 48.3 Å². The summed E-state index contributed by atoms with van der Waals surface area (Å²) in [6, 6.07) is 10.7. The van der Waals surface area contributed by atoms with Crippen molar-refractivity contribution < 1.29 is 4.79 Å². The van der Waals surface area contributed by atoms with Crippen LogP contribution in [-0.4, -0.2) is 16.9 Å². The summed E-state index contributed by atoms with van der Waals surface area (Å²) in [5.41, 5.74) is 4.50. The van der Waals surface area contributed by atoms with E-state index in [9.17, 15) is 4.79 Å². The molecule has 0 spiro atoms. The molecule has 3 nitrogen and oxygen atoms in total. The summed E-state index contributed by atoms with van der Waals surface area (Å²) in [6.45, 7) is 0. The molecule has 2 aromatic rings. The molecule has 0 radical (unpaired) electrons. The zero-order chi connectivity index (χ0) is 12.8. The number of hydrogen-bond acceptors (Lipinski definition) is 2. The number of fused-ring (bicyclic) bond motifs is 1. The molecule has 0 bridgehead atoms. The van der Waals surface area contributed by atoms with Crippen LogP contribution in [0, 0.1) is 0 Å². The first-order chi connectivity index (χ1) is 9.33. The second-order valence-electron chi connectivity index (χ2n) is 5.26. The van der Waals surface area contributed by atoms with E-state index in [4.69, 9.17) is 0 Å². The highest BCUT2D eigenvalue weighted by Gasteiger charge is 2.38. The quantitative estimate of drug-likeness (QED) is 0.821. The van der Waals surface area contributed by atoms with Gasteiger partial charge in [-0.1, -0.05) is 12.1 Å². The van der Waals surface area contributed by atoms with Crippen molar-refractivity contribution in [2.24, 2.45) is 0 Å². The van der Waals surface area contributed by atoms with Crippen LogP contribution >= 0.6 is 0 Å². The molecule has 1 saturated carbocycles. The number of aromatic nitrogens is 1. The highest BCUT2D eigenvalue weighted by Crippen LogP contribution is 2.39. The number of anilines is 1. The second-order valence-corrected chi connectivity index (χ2v) is 5.26. The maximum atomic E-state index is 12.1. The Morgan fingerprint density at radius 2 is 2.05 bits per heavy atom. The highest BCUT2D eigenvalue weighted by molar-refractivity contribution is 6.02. The highest BCUT2D eigenvalue weighted by atomic mass is 16.2. The largest absolute Gasteiger partial charge is 0.309 e. The number of hydrogen-bond donors (Lipinski definition) is 0. The van der Waals surface area contributed by atoms with Crippen molar-refractivity contribution in [2.75, 3.05) is 4.90 Å². The van der Waals surface area contributed by atoms with Crippen LogP contribution in [-0.2, 0) is 11.2 Å². The standard InChI is InChI=1S/C16H14N2O/c19-16-9-13-8-11(12-2-1-7-17-10-12)3-6-15(13)18(16)14-4-5-14/h1-3,6-8,10,14H,4-5,9H2. The van der Waals surface area contributed by atoms with Crippen LogP contribution in [0.25, 0.3) is 11.1 Å². The fourth-order valence-electron chi connectivity index (χ4n) is 2.79. The number of pyridine rings is 1. The zero-order valence-corrected chi connectivity index (χ0v) is 10.5. The lowest BCUT2D eigenvalue weighted by Gasteiger charge is -2.16. The van der Waals surface area contributed by atoms with Gasteiger partial charge in [-0.2, -0.15) is 0 Å². The molecule has 1 aromatic carbocycles. The van der Waals surface area contributed by atoms with Crippen LogP contribution in [0.5, 0.6) is 0 Å². The van der Waals surface area contributed by atoms with E-state index < -0.39 is 0 Å². The number of carbonyl (C=O) groups is 1. The van der Waals surface area contributed by atoms with Crippen LogP contribution in [0.15, 0.2) is 42.7 Å². The Bertz CT molecular complexity index is 647. The normalized spacial score (nSPS) is 17.7. The SMILES string of the molecule is O=C1Cc2cc(-c3cccnc3)ccc2N1C1CC1. The van der Waals surface area contributed by atoms with Gasteiger partial charge in [0.2, 0.25) is 5.91 Å². The summed E-state index contributed by atoms with van der Waals surface area (Å²) < 4.78 is 0. The Kier molecular flexibility index (Phi) is 2.21. The first kappa shape index (κ1) is 10.7. The molecule has 2 heterocycles. The van der Waals surface area contributed by atoms with E-state index in [1.165, 1.54) is 0 Å². The topological polar surface area (TPSA) is 33.2 Å². The lowest BCUT2D eigenvalue weighted by atomic mass is 10.0. The minimum atomic E-state index is 0.251. The molecule has 1 amide bonds. The van der Waals surface area contributed by atoms with Crippen molar-refractivity contribution >= 4 is 11.6 Å². The van der Waals surface area contributed by atoms with Crippen LogP contribution in [0.4, 0.5) is 5.69 Å². The summed E-state index contributed by atoms with van der Waals surface area (Å²) in [4.78, 5) is 18.2. The molecule has 0 N–H and O–H groups in total. The minimum absolute atomic E-state index is 0.251. The van der Waals surface area contributed by atoms with E-state index in [0.717, 1.165) is 35.2 Å². The Hall–Kier alpha value is -2.16. The molecule has 4 rings (SSSR count). The molecule has 0 saturated heterocycles. The molecule has 94 valence electrons. The molecule has 19 heavy (non-hydrogen) atoms. The average Bonchev–Trinajstić information content (AvgIpc) is 3.21. The zero-order valence-electron chi connectivity index (χ0n) is 10.5. The van der Waals surface area contributed by atoms with Gasteiger partial charge in [0.1, 0.15) is 0 Å². The second kappa shape index (κ2) is 3.92. The number of carbonyl (C=O) groups excluding carboxylic acids is 1. The van der Waals surface area contributed by atoms with Crippen molar-refractivity contribution in [3.63, 3.8) is 0 Å². The van der Waals surface area contributed by atoms with Gasteiger partial charge in [-0.3, -0.25) is 9.78 Å². The van der Waals surface area contributed by atoms with E-state index in [1.807, 2.05) is 23.2 Å². The number of nitrogens with zero attached hydrogens (tertiary/aromatic N) is 2. The van der Waals surface area contributed by atoms with Crippen molar-refractivity contribution in [2.45, 2.75) is 25.3 Å². The Balaban J connectivity index is 1.76. The fraction of sp³-hybridized carbons (Fsp3) is 0.250. The van der Waals surface area contributed by atoms with Crippen LogP contribution < -0.4 is 4.90 Å². The molecule has 1 aromatic heterocycles. The lowest BCUT2D eigenvalue weighted by molar-refractivity contribution is -0.117. The third kappa shape index (κ3) is 1.73. The number of amides is 1. The Labute approximate surface area is 111 Å². The number of rotatable bonds is 2. The average molecular weight is 250 g/mol. The van der Waals surface area contributed by atoms with Gasteiger partial charge in [0.15, 0.2) is 0 Å². The van der Waals surface area contributed by atoms with Gasteiger partial charge >= 0.3 is 0 Å². The van der Waals surface area contributed by atoms with Crippen LogP contribution in [0.2, 0.25) is 0 Å². The van der Waals surface area contributed by atoms with Crippen molar-refractivity contribution in [1.29, 1.82) is 0 Å². The molecule has 3 heteroatoms. The van der Waals surface area contributed by atoms with Crippen LogP contribution in [0.3, 0.4) is 0 Å². The smallest absolute Gasteiger partial charge is 0.231 e. The minimum Gasteiger partial charge on any atom is -0.309 e. The monoisotopic (exact) mass is 250 g/mol. The van der Waals surface area contributed by atoms with Gasteiger partial charge in [-0.25, -0.2) is 0 Å². The first-order valence-electron chi connectivity index (χ1n) is 6.68. The fourth-order valence-corrected chi connectivity index (χ4v) is 2.79. The van der Waals surface area contributed by atoms with Gasteiger partial charge in [0, 0.05) is 24.1 Å². The molecule has 1 fully saturated rings. The molecular formula is C16H14N2O. The van der Waals surface area contributed by atoms with E-state index in [1.54, 1.807) is 6.20 Å². The maximum Gasteiger partial charge on any atom is 0.231 e. The van der Waals surface area contributed by atoms with Crippen molar-refractivity contribution in [1.82, 2.24) is 4.98 Å². The van der Waals surface area contributed by atoms with Gasteiger partial charge in [-0.15, -0.1) is 0 Å². The van der Waals surface area contributed by atoms with E-state index in [-0.39, 0.29) is 5.91 Å². The van der Waals surface area contributed by atoms with Gasteiger partial charge in [-0.05, 0) is 47.7 Å². The Morgan fingerprint density at radius 1 is 1.16 bits per heavy atom. The molecule has 1 aliphatic carbocycles. The van der Waals surface area contributed by atoms with E-state index in [2.05, 4.69) is 23.2 Å². The predicted octanol–water partition coefficient (Wildman–Crippen LogP) is 2.80. The third-order valence-electron chi connectivity index (χ3n) is 3.86. The summed E-state index contributed by atoms with van der Waals surface area (Å²) in [5, 5.41) is 0. The van der Waals surface area contributed by atoms with Gasteiger partial charge in [0.25, 0.3) is 0 Å². The summed E-state index contributed by atoms with van der Waals surface area (Å²) in [5.74, 6) is 0.251. The molecule has 0 unspecified atom stereocenters. The third-order valence-corrected chi connectivity index (χ3v) is 3.86. The van der Waals surface area contributed by atoms with Gasteiger partial charge < -0.3 is 4.90 Å². The Morgan fingerprint density at radius 3 is 2.79 bits per heavy atom. The summed E-state index contributed by atoms with van der Waals surface area (Å²) in [6.07, 6.45) is 6.47. The molecule has 1 aliphatic heterocycles. The van der Waals surface area contributed by atoms with E-state index >= 15 is 0 Å². The number of benzene rings is 1. The van der Waals surface area contributed by atoms with Gasteiger partial charge in [0.05, 0.1) is 6.42 Å². The van der Waals surface area contributed by atoms with Crippen molar-refractivity contribution in [3.8, 4) is 11.1 Å². The maximum absolute atomic E-state index is 12.1. The molecule has 2 aliphatic rings. The lowest BCUT2D eigenvalue weighted by Crippen LogP contribution is -2.28. The summed E-state index contributed by atoms with van der Waals surface area (Å²) >= 11 is 0. The van der Waals surface area contributed by atoms with E-state index in [0.29, 0.717) is 12.5 Å². The predicted molar refractivity (Wildman–Crippen MR) is 73.9 cm³/mol. The first-order valence-corrected chi connectivity index (χ1v) is 6.68.